The first-order chi connectivity index (χ1) is 7.58. The van der Waals surface area contributed by atoms with Gasteiger partial charge in [-0.15, -0.1) is 0 Å². The molecule has 1 aromatic rings. The maximum atomic E-state index is 13.0. The minimum absolute atomic E-state index is 0.106. The van der Waals surface area contributed by atoms with Gasteiger partial charge in [-0.05, 0) is 24.6 Å². The van der Waals surface area contributed by atoms with Crippen molar-refractivity contribution in [3.05, 3.63) is 29.6 Å². The summed E-state index contributed by atoms with van der Waals surface area (Å²) in [5.41, 5.74) is 0.317. The fourth-order valence-electron chi connectivity index (χ4n) is 1.24. The summed E-state index contributed by atoms with van der Waals surface area (Å²) in [5, 5.41) is 20.1. The highest BCUT2D eigenvalue weighted by molar-refractivity contribution is 5.77. The molecule has 0 saturated carbocycles. The Hall–Kier alpha value is -2.09. The average Bonchev–Trinajstić information content (AvgIpc) is 2.27. The number of halogens is 1. The van der Waals surface area contributed by atoms with Gasteiger partial charge in [0.2, 0.25) is 0 Å². The van der Waals surface area contributed by atoms with E-state index in [9.17, 15) is 9.18 Å². The van der Waals surface area contributed by atoms with Crippen molar-refractivity contribution in [3.63, 3.8) is 0 Å². The van der Waals surface area contributed by atoms with Crippen LogP contribution in [0.25, 0.3) is 0 Å². The molecule has 1 atom stereocenters. The van der Waals surface area contributed by atoms with Crippen molar-refractivity contribution in [2.75, 3.05) is 5.32 Å². The fourth-order valence-corrected chi connectivity index (χ4v) is 1.24. The van der Waals surface area contributed by atoms with Crippen LogP contribution in [0.1, 0.15) is 18.9 Å². The highest BCUT2D eigenvalue weighted by Gasteiger charge is 2.14. The monoisotopic (exact) mass is 222 g/mol. The van der Waals surface area contributed by atoms with Crippen LogP contribution in [0.2, 0.25) is 0 Å². The number of carboxylic acids is 1. The Morgan fingerprint density at radius 3 is 2.88 bits per heavy atom. The van der Waals surface area contributed by atoms with Crippen molar-refractivity contribution < 1.29 is 14.3 Å². The van der Waals surface area contributed by atoms with Gasteiger partial charge in [-0.3, -0.25) is 0 Å². The molecular formula is C11H11FN2O2. The molecule has 0 amide bonds. The summed E-state index contributed by atoms with van der Waals surface area (Å²) in [5.74, 6) is -1.60. The molecule has 1 rings (SSSR count). The van der Waals surface area contributed by atoms with E-state index in [2.05, 4.69) is 5.32 Å². The maximum absolute atomic E-state index is 13.0. The number of carbonyl (C=O) groups is 1. The van der Waals surface area contributed by atoms with E-state index in [0.29, 0.717) is 12.1 Å². The normalized spacial score (nSPS) is 11.6. The Morgan fingerprint density at radius 2 is 2.38 bits per heavy atom. The smallest absolute Gasteiger partial charge is 0.326 e. The number of carboxylic acid groups (broad SMARTS) is 1. The number of nitrogens with zero attached hydrogens (tertiary/aromatic N) is 1. The van der Waals surface area contributed by atoms with Gasteiger partial charge in [-0.1, -0.05) is 6.92 Å². The summed E-state index contributed by atoms with van der Waals surface area (Å²) in [7, 11) is 0. The molecule has 0 aliphatic carbocycles. The van der Waals surface area contributed by atoms with E-state index in [0.717, 1.165) is 6.07 Å². The number of hydrogen-bond donors (Lipinski definition) is 2. The molecule has 16 heavy (non-hydrogen) atoms. The Bertz CT molecular complexity index is 440. The van der Waals surface area contributed by atoms with Gasteiger partial charge in [0.1, 0.15) is 17.9 Å². The summed E-state index contributed by atoms with van der Waals surface area (Å²) < 4.78 is 13.0. The fraction of sp³-hybridized carbons (Fsp3) is 0.273. The molecule has 0 saturated heterocycles. The summed E-state index contributed by atoms with van der Waals surface area (Å²) >= 11 is 0. The molecule has 0 spiro atoms. The van der Waals surface area contributed by atoms with E-state index in [1.165, 1.54) is 12.1 Å². The van der Waals surface area contributed by atoms with Crippen molar-refractivity contribution >= 4 is 11.7 Å². The highest BCUT2D eigenvalue weighted by Crippen LogP contribution is 2.15. The number of hydrogen-bond acceptors (Lipinski definition) is 3. The second-order valence-corrected chi connectivity index (χ2v) is 3.25. The van der Waals surface area contributed by atoms with Crippen molar-refractivity contribution in [1.82, 2.24) is 0 Å². The van der Waals surface area contributed by atoms with Crippen LogP contribution < -0.4 is 5.32 Å². The number of nitriles is 1. The topological polar surface area (TPSA) is 73.1 Å². The lowest BCUT2D eigenvalue weighted by Gasteiger charge is -2.13. The Morgan fingerprint density at radius 1 is 1.69 bits per heavy atom. The van der Waals surface area contributed by atoms with Gasteiger partial charge in [0, 0.05) is 5.69 Å². The van der Waals surface area contributed by atoms with Gasteiger partial charge >= 0.3 is 5.97 Å². The van der Waals surface area contributed by atoms with Crippen LogP contribution in [0.5, 0.6) is 0 Å². The molecule has 0 fully saturated rings. The van der Waals surface area contributed by atoms with Crippen molar-refractivity contribution in [1.29, 1.82) is 5.26 Å². The zero-order chi connectivity index (χ0) is 12.1. The summed E-state index contributed by atoms with van der Waals surface area (Å²) in [6, 6.07) is 4.79. The number of nitrogens with one attached hydrogen (secondary N) is 1. The maximum Gasteiger partial charge on any atom is 0.326 e. The summed E-state index contributed by atoms with van der Waals surface area (Å²) in [6.45, 7) is 1.72. The van der Waals surface area contributed by atoms with E-state index in [4.69, 9.17) is 10.4 Å². The number of rotatable bonds is 4. The molecule has 0 aliphatic heterocycles. The lowest BCUT2D eigenvalue weighted by molar-refractivity contribution is -0.137. The lowest BCUT2D eigenvalue weighted by Crippen LogP contribution is -2.28. The molecule has 0 aliphatic rings. The van der Waals surface area contributed by atoms with Crippen molar-refractivity contribution in [2.45, 2.75) is 19.4 Å². The van der Waals surface area contributed by atoms with Crippen LogP contribution in [-0.2, 0) is 4.79 Å². The van der Waals surface area contributed by atoms with Crippen LogP contribution in [0.3, 0.4) is 0 Å². The zero-order valence-electron chi connectivity index (χ0n) is 8.70. The molecular weight excluding hydrogens is 211 g/mol. The van der Waals surface area contributed by atoms with E-state index >= 15 is 0 Å². The largest absolute Gasteiger partial charge is 0.480 e. The van der Waals surface area contributed by atoms with Crippen LogP contribution >= 0.6 is 0 Å². The van der Waals surface area contributed by atoms with E-state index in [-0.39, 0.29) is 5.56 Å². The standard InChI is InChI=1S/C11H11FN2O2/c1-2-10(11(15)16)14-8-3-4-9(12)7(5-8)6-13/h3-5,10,14H,2H2,1H3,(H,15,16). The molecule has 84 valence electrons. The lowest BCUT2D eigenvalue weighted by atomic mass is 10.1. The van der Waals surface area contributed by atoms with E-state index in [1.54, 1.807) is 13.0 Å². The van der Waals surface area contributed by atoms with Gasteiger partial charge in [0.15, 0.2) is 0 Å². The quantitative estimate of drug-likeness (QED) is 0.816. The molecule has 1 unspecified atom stereocenters. The Balaban J connectivity index is 2.90. The van der Waals surface area contributed by atoms with Gasteiger partial charge in [-0.25, -0.2) is 9.18 Å². The number of benzene rings is 1. The molecule has 1 aromatic carbocycles. The molecule has 0 heterocycles. The first-order valence-electron chi connectivity index (χ1n) is 4.77. The molecule has 4 nitrogen and oxygen atoms in total. The molecule has 0 radical (unpaired) electrons. The third-order valence-electron chi connectivity index (χ3n) is 2.13. The third kappa shape index (κ3) is 2.70. The van der Waals surface area contributed by atoms with Gasteiger partial charge in [-0.2, -0.15) is 5.26 Å². The average molecular weight is 222 g/mol. The minimum atomic E-state index is -0.981. The van der Waals surface area contributed by atoms with Gasteiger partial charge in [0.25, 0.3) is 0 Å². The highest BCUT2D eigenvalue weighted by atomic mass is 19.1. The first kappa shape index (κ1) is 12.0. The predicted molar refractivity (Wildman–Crippen MR) is 56.5 cm³/mol. The predicted octanol–water partition coefficient (Wildman–Crippen LogP) is 1.97. The van der Waals surface area contributed by atoms with E-state index < -0.39 is 17.8 Å². The van der Waals surface area contributed by atoms with Crippen LogP contribution in [0.15, 0.2) is 18.2 Å². The number of aliphatic carboxylic acids is 1. The van der Waals surface area contributed by atoms with Crippen LogP contribution in [0, 0.1) is 17.1 Å². The molecule has 0 bridgehead atoms. The van der Waals surface area contributed by atoms with Crippen molar-refractivity contribution in [3.8, 4) is 6.07 Å². The van der Waals surface area contributed by atoms with E-state index in [1.807, 2.05) is 0 Å². The number of anilines is 1. The minimum Gasteiger partial charge on any atom is -0.480 e. The Labute approximate surface area is 92.3 Å². The zero-order valence-corrected chi connectivity index (χ0v) is 8.70. The second kappa shape index (κ2) is 5.12. The SMILES string of the molecule is CCC(Nc1ccc(F)c(C#N)c1)C(=O)O. The van der Waals surface area contributed by atoms with Crippen molar-refractivity contribution in [2.24, 2.45) is 0 Å². The molecule has 5 heteroatoms. The van der Waals surface area contributed by atoms with Crippen LogP contribution in [-0.4, -0.2) is 17.1 Å². The van der Waals surface area contributed by atoms with Gasteiger partial charge < -0.3 is 10.4 Å². The second-order valence-electron chi connectivity index (χ2n) is 3.25. The Kier molecular flexibility index (Phi) is 3.84. The first-order valence-corrected chi connectivity index (χ1v) is 4.77. The summed E-state index contributed by atoms with van der Waals surface area (Å²) in [4.78, 5) is 10.8. The summed E-state index contributed by atoms with van der Waals surface area (Å²) in [6.07, 6.45) is 0.397. The molecule has 0 aromatic heterocycles. The van der Waals surface area contributed by atoms with Gasteiger partial charge in [0.05, 0.1) is 5.56 Å². The molecule has 2 N–H and O–H groups in total. The third-order valence-corrected chi connectivity index (χ3v) is 2.13. The van der Waals surface area contributed by atoms with Crippen LogP contribution in [0.4, 0.5) is 10.1 Å².